The summed E-state index contributed by atoms with van der Waals surface area (Å²) in [6.07, 6.45) is 5.15. The molecule has 3 rings (SSSR count). The molecule has 2 fully saturated rings. The van der Waals surface area contributed by atoms with Crippen LogP contribution in [-0.2, 0) is 10.0 Å². The van der Waals surface area contributed by atoms with Gasteiger partial charge >= 0.3 is 0 Å². The van der Waals surface area contributed by atoms with Gasteiger partial charge in [-0.1, -0.05) is 0 Å². The van der Waals surface area contributed by atoms with E-state index in [9.17, 15) is 8.42 Å². The molecule has 110 valence electrons. The van der Waals surface area contributed by atoms with Crippen LogP contribution in [0.25, 0.3) is 0 Å². The van der Waals surface area contributed by atoms with Gasteiger partial charge in [-0.2, -0.15) is 5.10 Å². The van der Waals surface area contributed by atoms with Crippen LogP contribution in [0.2, 0.25) is 0 Å². The lowest BCUT2D eigenvalue weighted by molar-refractivity contribution is 0.419. The maximum atomic E-state index is 11.7. The molecule has 3 atom stereocenters. The van der Waals surface area contributed by atoms with Crippen molar-refractivity contribution in [2.24, 2.45) is 11.8 Å². The molecule has 6 nitrogen and oxygen atoms in total. The largest absolute Gasteiger partial charge is 0.355 e. The summed E-state index contributed by atoms with van der Waals surface area (Å²) in [7, 11) is -1.04. The van der Waals surface area contributed by atoms with E-state index in [2.05, 4.69) is 15.1 Å². The number of aromatic nitrogens is 2. The van der Waals surface area contributed by atoms with E-state index in [-0.39, 0.29) is 0 Å². The highest BCUT2D eigenvalue weighted by Gasteiger charge is 2.46. The van der Waals surface area contributed by atoms with Crippen LogP contribution in [0.3, 0.4) is 0 Å². The maximum absolute atomic E-state index is 11.7. The number of sulfonamides is 1. The lowest BCUT2D eigenvalue weighted by Crippen LogP contribution is -2.38. The van der Waals surface area contributed by atoms with Crippen LogP contribution in [0.1, 0.15) is 12.8 Å². The Morgan fingerprint density at radius 2 is 2.15 bits per heavy atom. The van der Waals surface area contributed by atoms with Crippen LogP contribution in [-0.4, -0.2) is 55.4 Å². The van der Waals surface area contributed by atoms with Crippen molar-refractivity contribution in [2.75, 3.05) is 31.3 Å². The van der Waals surface area contributed by atoms with Crippen molar-refractivity contribution in [3.63, 3.8) is 0 Å². The fourth-order valence-corrected chi connectivity index (χ4v) is 4.50. The van der Waals surface area contributed by atoms with Crippen molar-refractivity contribution < 1.29 is 8.42 Å². The molecule has 7 heteroatoms. The van der Waals surface area contributed by atoms with E-state index in [1.54, 1.807) is 10.5 Å². The Balaban J connectivity index is 1.77. The van der Waals surface area contributed by atoms with E-state index in [4.69, 9.17) is 0 Å². The molecule has 0 spiro atoms. The molecular weight excluding hydrogens is 276 g/mol. The van der Waals surface area contributed by atoms with E-state index in [1.807, 2.05) is 19.2 Å². The summed E-state index contributed by atoms with van der Waals surface area (Å²) in [6.45, 7) is 1.31. The Morgan fingerprint density at radius 3 is 2.80 bits per heavy atom. The molecule has 1 saturated carbocycles. The molecule has 1 aliphatic carbocycles. The molecule has 0 unspecified atom stereocenters. The average molecular weight is 296 g/mol. The summed E-state index contributed by atoms with van der Waals surface area (Å²) in [4.78, 5) is 2.16. The first-order chi connectivity index (χ1) is 9.47. The minimum absolute atomic E-state index is 0.350. The van der Waals surface area contributed by atoms with Crippen LogP contribution >= 0.6 is 0 Å². The van der Waals surface area contributed by atoms with Gasteiger partial charge in [-0.15, -0.1) is 5.10 Å². The molecular formula is C13H20N4O2S. The van der Waals surface area contributed by atoms with Gasteiger partial charge in [0.1, 0.15) is 0 Å². The summed E-state index contributed by atoms with van der Waals surface area (Å²) in [5.74, 6) is 1.74. The Hall–Kier alpha value is -1.21. The Kier molecular flexibility index (Phi) is 3.41. The first-order valence-corrected chi connectivity index (χ1v) is 8.77. The van der Waals surface area contributed by atoms with Crippen LogP contribution in [0, 0.1) is 11.8 Å². The molecule has 0 amide bonds. The van der Waals surface area contributed by atoms with Crippen molar-refractivity contribution in [3.05, 3.63) is 18.3 Å². The van der Waals surface area contributed by atoms with Crippen LogP contribution in [0.5, 0.6) is 0 Å². The molecule has 0 bridgehead atoms. The van der Waals surface area contributed by atoms with E-state index in [0.717, 1.165) is 18.7 Å². The lowest BCUT2D eigenvalue weighted by atomic mass is 9.97. The molecule has 20 heavy (non-hydrogen) atoms. The van der Waals surface area contributed by atoms with Crippen molar-refractivity contribution >= 4 is 15.8 Å². The fraction of sp³-hybridized carbons (Fsp3) is 0.692. The number of hydrogen-bond donors (Lipinski definition) is 0. The molecule has 1 aromatic heterocycles. The Morgan fingerprint density at radius 1 is 1.35 bits per heavy atom. The van der Waals surface area contributed by atoms with Gasteiger partial charge in [-0.3, -0.25) is 0 Å². The van der Waals surface area contributed by atoms with Gasteiger partial charge in [0.05, 0.1) is 6.26 Å². The smallest absolute Gasteiger partial charge is 0.211 e. The van der Waals surface area contributed by atoms with E-state index in [0.29, 0.717) is 31.0 Å². The minimum atomic E-state index is -3.07. The number of nitrogens with zero attached hydrogens (tertiary/aromatic N) is 4. The van der Waals surface area contributed by atoms with Crippen molar-refractivity contribution in [1.29, 1.82) is 0 Å². The maximum Gasteiger partial charge on any atom is 0.211 e. The highest BCUT2D eigenvalue weighted by molar-refractivity contribution is 7.88. The second-order valence-corrected chi connectivity index (χ2v) is 7.82. The summed E-state index contributed by atoms with van der Waals surface area (Å²) in [5, 5.41) is 8.07. The zero-order valence-corrected chi connectivity index (χ0v) is 12.6. The van der Waals surface area contributed by atoms with Crippen LogP contribution in [0.4, 0.5) is 5.82 Å². The van der Waals surface area contributed by atoms with Crippen molar-refractivity contribution in [3.8, 4) is 0 Å². The van der Waals surface area contributed by atoms with E-state index < -0.39 is 10.0 Å². The van der Waals surface area contributed by atoms with Gasteiger partial charge in [-0.25, -0.2) is 12.7 Å². The zero-order valence-electron chi connectivity index (χ0n) is 11.8. The molecule has 2 aliphatic rings. The van der Waals surface area contributed by atoms with Gasteiger partial charge in [-0.05, 0) is 36.8 Å². The third-order valence-corrected chi connectivity index (χ3v) is 5.91. The van der Waals surface area contributed by atoms with Crippen LogP contribution in [0.15, 0.2) is 18.3 Å². The van der Waals surface area contributed by atoms with E-state index in [1.165, 1.54) is 6.26 Å². The van der Waals surface area contributed by atoms with Gasteiger partial charge in [0, 0.05) is 32.4 Å². The predicted molar refractivity (Wildman–Crippen MR) is 76.9 cm³/mol. The standard InChI is InChI=1S/C13H20N4O2S/c1-16(13-4-3-7-14-15-13)12-6-5-10-8-17(9-11(10)12)20(2,18)19/h3-4,7,10-12H,5-6,8-9H2,1-2H3/t10-,11+,12-/m1/s1. The second-order valence-electron chi connectivity index (χ2n) is 5.84. The number of anilines is 1. The quantitative estimate of drug-likeness (QED) is 0.816. The summed E-state index contributed by atoms with van der Waals surface area (Å²) in [6, 6.07) is 4.18. The fourth-order valence-electron chi connectivity index (χ4n) is 3.60. The Labute approximate surface area is 119 Å². The second kappa shape index (κ2) is 4.96. The molecule has 1 aromatic rings. The summed E-state index contributed by atoms with van der Waals surface area (Å²) < 4.78 is 25.0. The van der Waals surface area contributed by atoms with Crippen molar-refractivity contribution in [2.45, 2.75) is 18.9 Å². The predicted octanol–water partition coefficient (Wildman–Crippen LogP) is 0.583. The number of fused-ring (bicyclic) bond motifs is 1. The average Bonchev–Trinajstić information content (AvgIpc) is 2.98. The first-order valence-electron chi connectivity index (χ1n) is 6.92. The third-order valence-electron chi connectivity index (χ3n) is 4.67. The highest BCUT2D eigenvalue weighted by Crippen LogP contribution is 2.41. The highest BCUT2D eigenvalue weighted by atomic mass is 32.2. The molecule has 0 aromatic carbocycles. The SMILES string of the molecule is CN(c1cccnn1)[C@@H]1CC[C@@H]2CN(S(C)(=O)=O)C[C@@H]21. The third kappa shape index (κ3) is 2.40. The van der Waals surface area contributed by atoms with Gasteiger partial charge in [0.2, 0.25) is 10.0 Å². The molecule has 0 radical (unpaired) electrons. The number of rotatable bonds is 3. The van der Waals surface area contributed by atoms with Crippen LogP contribution < -0.4 is 4.90 Å². The van der Waals surface area contributed by atoms with Crippen molar-refractivity contribution in [1.82, 2.24) is 14.5 Å². The lowest BCUT2D eigenvalue weighted by Gasteiger charge is -2.30. The summed E-state index contributed by atoms with van der Waals surface area (Å²) >= 11 is 0. The zero-order chi connectivity index (χ0) is 14.3. The van der Waals surface area contributed by atoms with Gasteiger partial charge < -0.3 is 4.90 Å². The number of hydrogen-bond acceptors (Lipinski definition) is 5. The molecule has 0 N–H and O–H groups in total. The molecule has 1 aliphatic heterocycles. The summed E-state index contributed by atoms with van der Waals surface area (Å²) in [5.41, 5.74) is 0. The molecule has 2 heterocycles. The topological polar surface area (TPSA) is 66.4 Å². The van der Waals surface area contributed by atoms with E-state index >= 15 is 0 Å². The Bertz CT molecular complexity index is 577. The van der Waals surface area contributed by atoms with Gasteiger partial charge in [0.15, 0.2) is 5.82 Å². The first kappa shape index (κ1) is 13.8. The minimum Gasteiger partial charge on any atom is -0.355 e. The normalized spacial score (nSPS) is 30.4. The molecule has 1 saturated heterocycles. The monoisotopic (exact) mass is 296 g/mol. The van der Waals surface area contributed by atoms with Gasteiger partial charge in [0.25, 0.3) is 0 Å².